The summed E-state index contributed by atoms with van der Waals surface area (Å²) in [7, 11) is 0. The summed E-state index contributed by atoms with van der Waals surface area (Å²) in [6, 6.07) is 10.4. The number of hydrogen-bond acceptors (Lipinski definition) is 3. The minimum Gasteiger partial charge on any atom is -0.311 e. The molecule has 2 heterocycles. The van der Waals surface area contributed by atoms with Crippen molar-refractivity contribution in [3.8, 4) is 0 Å². The van der Waals surface area contributed by atoms with E-state index >= 15 is 0 Å². The molecule has 1 N–H and O–H groups in total. The quantitative estimate of drug-likeness (QED) is 0.895. The highest BCUT2D eigenvalue weighted by atomic mass is 32.2. The number of hydrogen-bond donors (Lipinski definition) is 1. The van der Waals surface area contributed by atoms with Crippen LogP contribution in [0.2, 0.25) is 0 Å². The zero-order chi connectivity index (χ0) is 14.7. The first-order chi connectivity index (χ1) is 10.3. The van der Waals surface area contributed by atoms with Crippen LogP contribution in [0, 0.1) is 0 Å². The van der Waals surface area contributed by atoms with E-state index in [4.69, 9.17) is 0 Å². The number of nitrogens with one attached hydrogen (secondary N) is 1. The lowest BCUT2D eigenvalue weighted by Crippen LogP contribution is -2.57. The summed E-state index contributed by atoms with van der Waals surface area (Å²) < 4.78 is 0. The molecule has 3 atom stereocenters. The molecule has 3 rings (SSSR count). The zero-order valence-electron chi connectivity index (χ0n) is 13.3. The second-order valence-electron chi connectivity index (χ2n) is 6.46. The highest BCUT2D eigenvalue weighted by Crippen LogP contribution is 2.37. The molecular weight excluding hydrogens is 276 g/mol. The third-order valence-electron chi connectivity index (χ3n) is 4.87. The summed E-state index contributed by atoms with van der Waals surface area (Å²) in [6.07, 6.45) is 5.10. The predicted molar refractivity (Wildman–Crippen MR) is 92.1 cm³/mol. The Morgan fingerprint density at radius 1 is 1.29 bits per heavy atom. The molecule has 116 valence electrons. The Balaban J connectivity index is 1.60. The Labute approximate surface area is 133 Å². The van der Waals surface area contributed by atoms with Crippen molar-refractivity contribution in [1.29, 1.82) is 0 Å². The number of thioether (sulfide) groups is 1. The van der Waals surface area contributed by atoms with Gasteiger partial charge in [0, 0.05) is 41.9 Å². The maximum Gasteiger partial charge on any atom is 0.0263 e. The van der Waals surface area contributed by atoms with E-state index in [2.05, 4.69) is 60.1 Å². The Morgan fingerprint density at radius 2 is 2.14 bits per heavy atom. The van der Waals surface area contributed by atoms with Gasteiger partial charge < -0.3 is 5.32 Å². The standard InChI is InChI=1S/C18H28N2S/c1-3-7-15-12-20(16(4-2)11-19-15)13-17-10-14-8-5-6-9-18(14)21-17/h5-6,8-9,15-17,19H,3-4,7,10-13H2,1-2H3. The SMILES string of the molecule is CCCC1CN(CC2Cc3ccccc3S2)C(CC)CN1. The third kappa shape index (κ3) is 3.64. The van der Waals surface area contributed by atoms with Crippen molar-refractivity contribution < 1.29 is 0 Å². The molecule has 1 saturated heterocycles. The third-order valence-corrected chi connectivity index (χ3v) is 6.18. The van der Waals surface area contributed by atoms with Crippen LogP contribution in [0.1, 0.15) is 38.7 Å². The lowest BCUT2D eigenvalue weighted by atomic mass is 10.0. The fourth-order valence-electron chi connectivity index (χ4n) is 3.71. The first-order valence-corrected chi connectivity index (χ1v) is 9.40. The van der Waals surface area contributed by atoms with Gasteiger partial charge in [-0.15, -0.1) is 11.8 Å². The number of rotatable bonds is 5. The lowest BCUT2D eigenvalue weighted by molar-refractivity contribution is 0.124. The van der Waals surface area contributed by atoms with E-state index in [1.165, 1.54) is 50.2 Å². The van der Waals surface area contributed by atoms with Gasteiger partial charge in [0.2, 0.25) is 0 Å². The summed E-state index contributed by atoms with van der Waals surface area (Å²) in [6.45, 7) is 8.28. The van der Waals surface area contributed by atoms with Crippen LogP contribution in [0.15, 0.2) is 29.2 Å². The van der Waals surface area contributed by atoms with Gasteiger partial charge in [-0.1, -0.05) is 38.5 Å². The Hall–Kier alpha value is -0.510. The molecule has 1 aromatic carbocycles. The molecule has 3 heteroatoms. The van der Waals surface area contributed by atoms with Crippen molar-refractivity contribution in [3.05, 3.63) is 29.8 Å². The van der Waals surface area contributed by atoms with Gasteiger partial charge in [0.1, 0.15) is 0 Å². The van der Waals surface area contributed by atoms with Crippen molar-refractivity contribution in [2.24, 2.45) is 0 Å². The first-order valence-electron chi connectivity index (χ1n) is 8.52. The zero-order valence-corrected chi connectivity index (χ0v) is 14.2. The van der Waals surface area contributed by atoms with Crippen LogP contribution in [-0.4, -0.2) is 41.9 Å². The topological polar surface area (TPSA) is 15.3 Å². The summed E-state index contributed by atoms with van der Waals surface area (Å²) in [5.41, 5.74) is 1.56. The molecule has 2 aliphatic rings. The van der Waals surface area contributed by atoms with E-state index in [0.29, 0.717) is 6.04 Å². The maximum atomic E-state index is 3.74. The molecule has 2 aliphatic heterocycles. The summed E-state index contributed by atoms with van der Waals surface area (Å²) >= 11 is 2.09. The fourth-order valence-corrected chi connectivity index (χ4v) is 5.06. The number of nitrogens with zero attached hydrogens (tertiary/aromatic N) is 1. The predicted octanol–water partition coefficient (Wildman–Crippen LogP) is 3.56. The highest BCUT2D eigenvalue weighted by molar-refractivity contribution is 8.00. The maximum absolute atomic E-state index is 3.74. The number of fused-ring (bicyclic) bond motifs is 1. The molecule has 0 amide bonds. The second-order valence-corrected chi connectivity index (χ2v) is 7.80. The minimum absolute atomic E-state index is 0.701. The summed E-state index contributed by atoms with van der Waals surface area (Å²) in [5, 5.41) is 4.49. The van der Waals surface area contributed by atoms with Crippen LogP contribution < -0.4 is 5.32 Å². The molecule has 0 bridgehead atoms. The second kappa shape index (κ2) is 7.17. The summed E-state index contributed by atoms with van der Waals surface area (Å²) in [4.78, 5) is 4.27. The van der Waals surface area contributed by atoms with Gasteiger partial charge in [-0.25, -0.2) is 0 Å². The van der Waals surface area contributed by atoms with Crippen LogP contribution in [0.3, 0.4) is 0 Å². The van der Waals surface area contributed by atoms with E-state index in [1.54, 1.807) is 5.56 Å². The average molecular weight is 305 g/mol. The van der Waals surface area contributed by atoms with Crippen molar-refractivity contribution in [2.45, 2.75) is 61.8 Å². The van der Waals surface area contributed by atoms with E-state index in [-0.39, 0.29) is 0 Å². The lowest BCUT2D eigenvalue weighted by Gasteiger charge is -2.41. The van der Waals surface area contributed by atoms with Crippen molar-refractivity contribution in [1.82, 2.24) is 10.2 Å². The molecule has 0 saturated carbocycles. The molecule has 21 heavy (non-hydrogen) atoms. The smallest absolute Gasteiger partial charge is 0.0263 e. The molecule has 0 radical (unpaired) electrons. The highest BCUT2D eigenvalue weighted by Gasteiger charge is 2.30. The van der Waals surface area contributed by atoms with Gasteiger partial charge in [-0.2, -0.15) is 0 Å². The summed E-state index contributed by atoms with van der Waals surface area (Å²) in [5.74, 6) is 0. The van der Waals surface area contributed by atoms with Crippen LogP contribution in [0.4, 0.5) is 0 Å². The number of piperazine rings is 1. The van der Waals surface area contributed by atoms with Crippen molar-refractivity contribution >= 4 is 11.8 Å². The minimum atomic E-state index is 0.701. The normalized spacial score (nSPS) is 29.5. The van der Waals surface area contributed by atoms with Gasteiger partial charge in [0.05, 0.1) is 0 Å². The molecule has 1 aromatic rings. The van der Waals surface area contributed by atoms with E-state index in [0.717, 1.165) is 11.3 Å². The van der Waals surface area contributed by atoms with Crippen molar-refractivity contribution in [2.75, 3.05) is 19.6 Å². The van der Waals surface area contributed by atoms with Gasteiger partial charge in [-0.05, 0) is 30.9 Å². The van der Waals surface area contributed by atoms with Crippen LogP contribution in [0.25, 0.3) is 0 Å². The molecule has 1 fully saturated rings. The fraction of sp³-hybridized carbons (Fsp3) is 0.667. The Bertz CT molecular complexity index is 437. The van der Waals surface area contributed by atoms with Crippen LogP contribution in [0.5, 0.6) is 0 Å². The molecular formula is C18H28N2S. The Morgan fingerprint density at radius 3 is 2.90 bits per heavy atom. The van der Waals surface area contributed by atoms with Crippen LogP contribution in [-0.2, 0) is 6.42 Å². The molecule has 0 spiro atoms. The largest absolute Gasteiger partial charge is 0.311 e. The monoisotopic (exact) mass is 304 g/mol. The van der Waals surface area contributed by atoms with Gasteiger partial charge in [0.25, 0.3) is 0 Å². The average Bonchev–Trinajstić information content (AvgIpc) is 2.90. The van der Waals surface area contributed by atoms with Gasteiger partial charge in [-0.3, -0.25) is 4.90 Å². The molecule has 0 aromatic heterocycles. The van der Waals surface area contributed by atoms with Gasteiger partial charge >= 0.3 is 0 Å². The molecule has 0 aliphatic carbocycles. The first kappa shape index (κ1) is 15.4. The van der Waals surface area contributed by atoms with E-state index in [1.807, 2.05) is 0 Å². The number of benzene rings is 1. The molecule has 3 unspecified atom stereocenters. The van der Waals surface area contributed by atoms with Gasteiger partial charge in [0.15, 0.2) is 0 Å². The van der Waals surface area contributed by atoms with E-state index in [9.17, 15) is 0 Å². The van der Waals surface area contributed by atoms with E-state index < -0.39 is 0 Å². The Kier molecular flexibility index (Phi) is 5.25. The molecule has 2 nitrogen and oxygen atoms in total. The van der Waals surface area contributed by atoms with Crippen LogP contribution >= 0.6 is 11.8 Å². The van der Waals surface area contributed by atoms with Crippen molar-refractivity contribution in [3.63, 3.8) is 0 Å².